The zero-order valence-electron chi connectivity index (χ0n) is 15.8. The molecule has 0 saturated carbocycles. The number of nitrogens with zero attached hydrogens (tertiary/aromatic N) is 5. The Hall–Kier alpha value is -2.44. The van der Waals surface area contributed by atoms with Crippen LogP contribution in [0.1, 0.15) is 55.6 Å². The Kier molecular flexibility index (Phi) is 2.94. The third-order valence-electron chi connectivity index (χ3n) is 6.53. The van der Waals surface area contributed by atoms with Crippen LogP contribution in [0, 0.1) is 12.8 Å². The molecule has 3 heterocycles. The monoisotopic (exact) mass is 353 g/mol. The van der Waals surface area contributed by atoms with E-state index in [1.54, 1.807) is 0 Å². The lowest BCUT2D eigenvalue weighted by Gasteiger charge is -2.51. The maximum Gasteiger partial charge on any atom is 0.276 e. The van der Waals surface area contributed by atoms with Gasteiger partial charge in [-0.3, -0.25) is 4.68 Å². The molecule has 0 bridgehead atoms. The molecule has 0 radical (unpaired) electrons. The third-order valence-corrected chi connectivity index (χ3v) is 6.53. The molecule has 0 spiro atoms. The zero-order valence-corrected chi connectivity index (χ0v) is 15.8. The molecule has 2 aliphatic rings. The summed E-state index contributed by atoms with van der Waals surface area (Å²) in [6.07, 6.45) is 4.79. The molecule has 5 rings (SSSR count). The van der Waals surface area contributed by atoms with Gasteiger partial charge in [0.1, 0.15) is 11.5 Å². The standard InChI is InChI=1S/C19H23N5O2/c1-10-21-17(26-23-10)14-12-6-7-13-18(2,3)16-11(9-20-25-16)8-19(13,4)15(12)22-24(14)5/h9,13H,6-8H2,1-5H3/t13-,19?/m0/s1. The summed E-state index contributed by atoms with van der Waals surface area (Å²) in [5.74, 6) is 2.67. The molecular weight excluding hydrogens is 330 g/mol. The molecule has 136 valence electrons. The fraction of sp³-hybridized carbons (Fsp3) is 0.579. The first-order valence-electron chi connectivity index (χ1n) is 9.13. The van der Waals surface area contributed by atoms with Gasteiger partial charge in [0, 0.05) is 29.0 Å². The fourth-order valence-corrected chi connectivity index (χ4v) is 5.53. The van der Waals surface area contributed by atoms with Crippen LogP contribution in [0.3, 0.4) is 0 Å². The Balaban J connectivity index is 1.71. The number of hydrogen-bond donors (Lipinski definition) is 0. The summed E-state index contributed by atoms with van der Waals surface area (Å²) >= 11 is 0. The van der Waals surface area contributed by atoms with Crippen LogP contribution in [0.15, 0.2) is 15.2 Å². The van der Waals surface area contributed by atoms with Gasteiger partial charge >= 0.3 is 0 Å². The van der Waals surface area contributed by atoms with Gasteiger partial charge in [-0.2, -0.15) is 10.1 Å². The average Bonchev–Trinajstić information content (AvgIpc) is 3.26. The second kappa shape index (κ2) is 4.84. The molecule has 7 heteroatoms. The lowest BCUT2D eigenvalue weighted by atomic mass is 9.51. The Morgan fingerprint density at radius 1 is 1.23 bits per heavy atom. The van der Waals surface area contributed by atoms with E-state index >= 15 is 0 Å². The first-order valence-corrected chi connectivity index (χ1v) is 9.13. The van der Waals surface area contributed by atoms with Gasteiger partial charge in [0.2, 0.25) is 0 Å². The van der Waals surface area contributed by atoms with Crippen LogP contribution in [-0.4, -0.2) is 25.1 Å². The van der Waals surface area contributed by atoms with Crippen molar-refractivity contribution in [1.82, 2.24) is 25.1 Å². The van der Waals surface area contributed by atoms with Gasteiger partial charge in [-0.25, -0.2) is 0 Å². The number of aryl methyl sites for hydroxylation is 2. The minimum atomic E-state index is -0.0741. The van der Waals surface area contributed by atoms with Crippen LogP contribution in [0.25, 0.3) is 11.6 Å². The van der Waals surface area contributed by atoms with E-state index in [2.05, 4.69) is 36.1 Å². The van der Waals surface area contributed by atoms with E-state index in [0.29, 0.717) is 17.6 Å². The normalized spacial score (nSPS) is 26.3. The zero-order chi connectivity index (χ0) is 18.3. The second-order valence-electron chi connectivity index (χ2n) is 8.53. The minimum absolute atomic E-state index is 0.0687. The van der Waals surface area contributed by atoms with E-state index < -0.39 is 0 Å². The Bertz CT molecular complexity index is 1010. The van der Waals surface area contributed by atoms with Crippen molar-refractivity contribution >= 4 is 0 Å². The SMILES string of the molecule is Cc1noc(-c2c3c(nn2C)C2(C)Cc4cnoc4C(C)(C)[C@@H]2CC3)n1. The summed E-state index contributed by atoms with van der Waals surface area (Å²) in [5, 5.41) is 13.0. The lowest BCUT2D eigenvalue weighted by Crippen LogP contribution is -2.51. The van der Waals surface area contributed by atoms with Gasteiger partial charge in [0.05, 0.1) is 11.9 Å². The highest BCUT2D eigenvalue weighted by Gasteiger charge is 2.56. The highest BCUT2D eigenvalue weighted by atomic mass is 16.5. The van der Waals surface area contributed by atoms with Crippen LogP contribution in [0.5, 0.6) is 0 Å². The van der Waals surface area contributed by atoms with Crippen molar-refractivity contribution in [2.24, 2.45) is 13.0 Å². The van der Waals surface area contributed by atoms with Gasteiger partial charge in [0.15, 0.2) is 5.82 Å². The lowest BCUT2D eigenvalue weighted by molar-refractivity contribution is 0.109. The van der Waals surface area contributed by atoms with E-state index in [0.717, 1.165) is 36.4 Å². The Morgan fingerprint density at radius 3 is 2.77 bits per heavy atom. The van der Waals surface area contributed by atoms with Crippen LogP contribution in [0.2, 0.25) is 0 Å². The van der Waals surface area contributed by atoms with E-state index in [1.165, 1.54) is 11.1 Å². The molecule has 3 aromatic heterocycles. The van der Waals surface area contributed by atoms with Crippen LogP contribution in [-0.2, 0) is 30.7 Å². The first kappa shape index (κ1) is 15.8. The van der Waals surface area contributed by atoms with Crippen molar-refractivity contribution in [1.29, 1.82) is 0 Å². The summed E-state index contributed by atoms with van der Waals surface area (Å²) in [6.45, 7) is 8.72. The van der Waals surface area contributed by atoms with Crippen molar-refractivity contribution in [3.8, 4) is 11.6 Å². The van der Waals surface area contributed by atoms with Crippen molar-refractivity contribution in [2.75, 3.05) is 0 Å². The molecule has 0 saturated heterocycles. The molecule has 0 fully saturated rings. The van der Waals surface area contributed by atoms with Crippen molar-refractivity contribution in [3.05, 3.63) is 34.6 Å². The van der Waals surface area contributed by atoms with Crippen molar-refractivity contribution in [2.45, 2.75) is 57.8 Å². The molecule has 0 N–H and O–H groups in total. The number of hydrogen-bond acceptors (Lipinski definition) is 6. The minimum Gasteiger partial charge on any atom is -0.361 e. The smallest absolute Gasteiger partial charge is 0.276 e. The van der Waals surface area contributed by atoms with E-state index in [-0.39, 0.29) is 10.8 Å². The number of rotatable bonds is 1. The fourth-order valence-electron chi connectivity index (χ4n) is 5.53. The quantitative estimate of drug-likeness (QED) is 0.668. The molecule has 0 aliphatic heterocycles. The summed E-state index contributed by atoms with van der Waals surface area (Å²) < 4.78 is 13.0. The Labute approximate surface area is 151 Å². The molecule has 3 aromatic rings. The largest absolute Gasteiger partial charge is 0.361 e. The summed E-state index contributed by atoms with van der Waals surface area (Å²) in [5.41, 5.74) is 4.40. The maximum atomic E-state index is 5.65. The molecule has 26 heavy (non-hydrogen) atoms. The van der Waals surface area contributed by atoms with E-state index in [4.69, 9.17) is 14.1 Å². The molecular formula is C19H23N5O2. The summed E-state index contributed by atoms with van der Waals surface area (Å²) in [7, 11) is 1.96. The molecule has 2 aliphatic carbocycles. The topological polar surface area (TPSA) is 82.8 Å². The van der Waals surface area contributed by atoms with E-state index in [9.17, 15) is 0 Å². The van der Waals surface area contributed by atoms with Crippen LogP contribution >= 0.6 is 0 Å². The highest BCUT2D eigenvalue weighted by molar-refractivity contribution is 5.58. The Morgan fingerprint density at radius 2 is 2.04 bits per heavy atom. The maximum absolute atomic E-state index is 5.65. The van der Waals surface area contributed by atoms with Gasteiger partial charge < -0.3 is 9.05 Å². The molecule has 1 unspecified atom stereocenters. The first-order chi connectivity index (χ1) is 12.3. The van der Waals surface area contributed by atoms with Gasteiger partial charge in [-0.15, -0.1) is 0 Å². The van der Waals surface area contributed by atoms with Gasteiger partial charge in [0.25, 0.3) is 5.89 Å². The number of aromatic nitrogens is 5. The second-order valence-corrected chi connectivity index (χ2v) is 8.53. The number of fused-ring (bicyclic) bond motifs is 4. The summed E-state index contributed by atoms with van der Waals surface area (Å²) in [6, 6.07) is 0. The summed E-state index contributed by atoms with van der Waals surface area (Å²) in [4.78, 5) is 4.44. The van der Waals surface area contributed by atoms with Crippen molar-refractivity contribution in [3.63, 3.8) is 0 Å². The third kappa shape index (κ3) is 1.83. The molecule has 0 aromatic carbocycles. The molecule has 7 nitrogen and oxygen atoms in total. The molecule has 0 amide bonds. The van der Waals surface area contributed by atoms with Crippen LogP contribution < -0.4 is 0 Å². The highest BCUT2D eigenvalue weighted by Crippen LogP contribution is 2.56. The predicted molar refractivity (Wildman–Crippen MR) is 93.6 cm³/mol. The molecule has 2 atom stereocenters. The van der Waals surface area contributed by atoms with Gasteiger partial charge in [-0.05, 0) is 32.1 Å². The van der Waals surface area contributed by atoms with Crippen molar-refractivity contribution < 1.29 is 9.05 Å². The predicted octanol–water partition coefficient (Wildman–Crippen LogP) is 3.12. The van der Waals surface area contributed by atoms with E-state index in [1.807, 2.05) is 24.9 Å². The van der Waals surface area contributed by atoms with Gasteiger partial charge in [-0.1, -0.05) is 31.1 Å². The average molecular weight is 353 g/mol. The van der Waals surface area contributed by atoms with Crippen LogP contribution in [0.4, 0.5) is 0 Å².